The first kappa shape index (κ1) is 10.8. The van der Waals surface area contributed by atoms with Gasteiger partial charge in [0.05, 0.1) is 0 Å². The highest BCUT2D eigenvalue weighted by molar-refractivity contribution is 6.07. The number of pyridine rings is 1. The van der Waals surface area contributed by atoms with Crippen LogP contribution in [0.25, 0.3) is 10.8 Å². The molecule has 1 aromatic carbocycles. The molecule has 0 amide bonds. The minimum Gasteiger partial charge on any atom is -0.294 e. The number of ketones is 1. The summed E-state index contributed by atoms with van der Waals surface area (Å²) in [5.74, 6) is 0.200. The van der Waals surface area contributed by atoms with Crippen LogP contribution in [0.15, 0.2) is 36.7 Å². The van der Waals surface area contributed by atoms with Crippen molar-refractivity contribution in [3.63, 3.8) is 0 Å². The van der Waals surface area contributed by atoms with Crippen molar-refractivity contribution in [1.82, 2.24) is 4.98 Å². The van der Waals surface area contributed by atoms with Crippen molar-refractivity contribution in [3.05, 3.63) is 42.2 Å². The van der Waals surface area contributed by atoms with E-state index >= 15 is 0 Å². The lowest BCUT2D eigenvalue weighted by molar-refractivity contribution is 0.0981. The van der Waals surface area contributed by atoms with Crippen molar-refractivity contribution in [1.29, 1.82) is 0 Å². The average Bonchev–Trinajstić information content (AvgIpc) is 2.35. The molecule has 0 unspecified atom stereocenters. The van der Waals surface area contributed by atoms with Crippen molar-refractivity contribution in [2.75, 3.05) is 0 Å². The van der Waals surface area contributed by atoms with Gasteiger partial charge in [-0.25, -0.2) is 0 Å². The van der Waals surface area contributed by atoms with Crippen LogP contribution in [0.5, 0.6) is 0 Å². The largest absolute Gasteiger partial charge is 0.294 e. The smallest absolute Gasteiger partial charge is 0.165 e. The maximum Gasteiger partial charge on any atom is 0.165 e. The van der Waals surface area contributed by atoms with E-state index in [4.69, 9.17) is 0 Å². The Kier molecular flexibility index (Phi) is 3.30. The van der Waals surface area contributed by atoms with Crippen LogP contribution in [0.2, 0.25) is 0 Å². The third kappa shape index (κ3) is 2.11. The zero-order chi connectivity index (χ0) is 11.4. The number of carbonyl (C=O) groups excluding carboxylic acids is 1. The van der Waals surface area contributed by atoms with E-state index in [2.05, 4.69) is 11.9 Å². The number of aromatic nitrogens is 1. The molecule has 0 bridgehead atoms. The minimum atomic E-state index is 0.200. The Bertz CT molecular complexity index is 500. The molecule has 2 heteroatoms. The Labute approximate surface area is 95.3 Å². The molecule has 0 aliphatic heterocycles. The van der Waals surface area contributed by atoms with Gasteiger partial charge >= 0.3 is 0 Å². The molecular formula is C14H15NO. The van der Waals surface area contributed by atoms with Gasteiger partial charge in [0.15, 0.2) is 5.78 Å². The number of carbonyl (C=O) groups is 1. The SMILES string of the molecule is CCCCC(=O)c1cncc2ccccc12. The Morgan fingerprint density at radius 3 is 2.88 bits per heavy atom. The van der Waals surface area contributed by atoms with Gasteiger partial charge in [0.2, 0.25) is 0 Å². The van der Waals surface area contributed by atoms with E-state index in [0.717, 1.165) is 29.2 Å². The Morgan fingerprint density at radius 2 is 2.06 bits per heavy atom. The molecule has 1 aromatic heterocycles. The molecule has 0 spiro atoms. The lowest BCUT2D eigenvalue weighted by Gasteiger charge is -2.04. The normalized spacial score (nSPS) is 10.6. The molecule has 2 nitrogen and oxygen atoms in total. The maximum atomic E-state index is 12.0. The molecule has 0 saturated heterocycles. The van der Waals surface area contributed by atoms with E-state index in [0.29, 0.717) is 6.42 Å². The Balaban J connectivity index is 2.40. The van der Waals surface area contributed by atoms with Crippen molar-refractivity contribution in [2.45, 2.75) is 26.2 Å². The van der Waals surface area contributed by atoms with Crippen LogP contribution in [-0.2, 0) is 0 Å². The van der Waals surface area contributed by atoms with Crippen LogP contribution in [-0.4, -0.2) is 10.8 Å². The minimum absolute atomic E-state index is 0.200. The number of nitrogens with zero attached hydrogens (tertiary/aromatic N) is 1. The number of rotatable bonds is 4. The molecule has 0 saturated carbocycles. The van der Waals surface area contributed by atoms with Gasteiger partial charge in [-0.15, -0.1) is 0 Å². The van der Waals surface area contributed by atoms with E-state index in [1.165, 1.54) is 0 Å². The Hall–Kier alpha value is -1.70. The number of hydrogen-bond donors (Lipinski definition) is 0. The molecule has 0 aliphatic rings. The molecular weight excluding hydrogens is 198 g/mol. The van der Waals surface area contributed by atoms with E-state index in [1.807, 2.05) is 24.3 Å². The van der Waals surface area contributed by atoms with Gasteiger partial charge in [0, 0.05) is 29.8 Å². The zero-order valence-corrected chi connectivity index (χ0v) is 9.44. The standard InChI is InChI=1S/C14H15NO/c1-2-3-8-14(16)13-10-15-9-11-6-4-5-7-12(11)13/h4-7,9-10H,2-3,8H2,1H3. The monoisotopic (exact) mass is 213 g/mol. The molecule has 0 radical (unpaired) electrons. The van der Waals surface area contributed by atoms with E-state index in [1.54, 1.807) is 12.4 Å². The molecule has 0 aliphatic carbocycles. The predicted molar refractivity (Wildman–Crippen MR) is 65.6 cm³/mol. The fraction of sp³-hybridized carbons (Fsp3) is 0.286. The number of fused-ring (bicyclic) bond motifs is 1. The van der Waals surface area contributed by atoms with Gasteiger partial charge in [0.25, 0.3) is 0 Å². The molecule has 82 valence electrons. The summed E-state index contributed by atoms with van der Waals surface area (Å²) < 4.78 is 0. The highest BCUT2D eigenvalue weighted by atomic mass is 16.1. The van der Waals surface area contributed by atoms with Crippen molar-refractivity contribution < 1.29 is 4.79 Å². The first-order valence-corrected chi connectivity index (χ1v) is 5.69. The summed E-state index contributed by atoms with van der Waals surface area (Å²) in [4.78, 5) is 16.1. The van der Waals surface area contributed by atoms with E-state index < -0.39 is 0 Å². The summed E-state index contributed by atoms with van der Waals surface area (Å²) in [5, 5.41) is 2.04. The summed E-state index contributed by atoms with van der Waals surface area (Å²) >= 11 is 0. The summed E-state index contributed by atoms with van der Waals surface area (Å²) in [5.41, 5.74) is 0.756. The topological polar surface area (TPSA) is 30.0 Å². The molecule has 1 heterocycles. The lowest BCUT2D eigenvalue weighted by Crippen LogP contribution is -2.00. The number of benzene rings is 1. The molecule has 2 rings (SSSR count). The molecule has 0 fully saturated rings. The first-order valence-electron chi connectivity index (χ1n) is 5.69. The summed E-state index contributed by atoms with van der Waals surface area (Å²) in [7, 11) is 0. The van der Waals surface area contributed by atoms with Gasteiger partial charge < -0.3 is 0 Å². The van der Waals surface area contributed by atoms with Gasteiger partial charge in [-0.3, -0.25) is 9.78 Å². The van der Waals surface area contributed by atoms with Gasteiger partial charge in [0.1, 0.15) is 0 Å². The second kappa shape index (κ2) is 4.88. The fourth-order valence-corrected chi connectivity index (χ4v) is 1.81. The van der Waals surface area contributed by atoms with E-state index in [-0.39, 0.29) is 5.78 Å². The van der Waals surface area contributed by atoms with E-state index in [9.17, 15) is 4.79 Å². The van der Waals surface area contributed by atoms with Gasteiger partial charge in [-0.2, -0.15) is 0 Å². The first-order chi connectivity index (χ1) is 7.83. The quantitative estimate of drug-likeness (QED) is 0.726. The molecule has 16 heavy (non-hydrogen) atoms. The Morgan fingerprint density at radius 1 is 1.25 bits per heavy atom. The van der Waals surface area contributed by atoms with Crippen LogP contribution in [0.1, 0.15) is 36.5 Å². The van der Waals surface area contributed by atoms with Crippen LogP contribution >= 0.6 is 0 Å². The predicted octanol–water partition coefficient (Wildman–Crippen LogP) is 3.61. The second-order valence-electron chi connectivity index (χ2n) is 3.93. The highest BCUT2D eigenvalue weighted by Gasteiger charge is 2.09. The third-order valence-corrected chi connectivity index (χ3v) is 2.73. The third-order valence-electron chi connectivity index (χ3n) is 2.73. The van der Waals surface area contributed by atoms with Gasteiger partial charge in [-0.05, 0) is 11.8 Å². The molecule has 2 aromatic rings. The van der Waals surface area contributed by atoms with Crippen molar-refractivity contribution in [2.24, 2.45) is 0 Å². The van der Waals surface area contributed by atoms with Crippen LogP contribution in [0.3, 0.4) is 0 Å². The van der Waals surface area contributed by atoms with Crippen LogP contribution in [0.4, 0.5) is 0 Å². The number of Topliss-reactive ketones (excluding diaryl/α,β-unsaturated/α-hetero) is 1. The summed E-state index contributed by atoms with van der Waals surface area (Å²) in [6.45, 7) is 2.09. The zero-order valence-electron chi connectivity index (χ0n) is 9.44. The average molecular weight is 213 g/mol. The summed E-state index contributed by atoms with van der Waals surface area (Å²) in [6.07, 6.45) is 6.09. The highest BCUT2D eigenvalue weighted by Crippen LogP contribution is 2.18. The molecule has 0 N–H and O–H groups in total. The number of hydrogen-bond acceptors (Lipinski definition) is 2. The van der Waals surface area contributed by atoms with Crippen molar-refractivity contribution in [3.8, 4) is 0 Å². The second-order valence-corrected chi connectivity index (χ2v) is 3.93. The van der Waals surface area contributed by atoms with Crippen LogP contribution in [0, 0.1) is 0 Å². The molecule has 0 atom stereocenters. The van der Waals surface area contributed by atoms with Crippen molar-refractivity contribution >= 4 is 16.6 Å². The lowest BCUT2D eigenvalue weighted by atomic mass is 10.0. The van der Waals surface area contributed by atoms with Crippen LogP contribution < -0.4 is 0 Å². The van der Waals surface area contributed by atoms with Gasteiger partial charge in [-0.1, -0.05) is 37.6 Å². The number of unbranched alkanes of at least 4 members (excludes halogenated alkanes) is 1. The fourth-order valence-electron chi connectivity index (χ4n) is 1.81. The maximum absolute atomic E-state index is 12.0. The summed E-state index contributed by atoms with van der Waals surface area (Å²) in [6, 6.07) is 7.89.